The van der Waals surface area contributed by atoms with Crippen molar-refractivity contribution < 1.29 is 4.79 Å². The Balaban J connectivity index is 1.40. The van der Waals surface area contributed by atoms with Gasteiger partial charge in [0, 0.05) is 11.8 Å². The molecule has 1 N–H and O–H groups in total. The normalized spacial score (nSPS) is 11.0. The van der Waals surface area contributed by atoms with E-state index in [0.717, 1.165) is 21.8 Å². The molecule has 4 aromatic rings. The van der Waals surface area contributed by atoms with Crippen LogP contribution < -0.4 is 5.32 Å². The number of aryl methyl sites for hydroxylation is 1. The van der Waals surface area contributed by atoms with Crippen LogP contribution in [0.1, 0.15) is 5.56 Å². The molecular weight excluding hydrogens is 368 g/mol. The lowest BCUT2D eigenvalue weighted by Crippen LogP contribution is -2.15. The molecule has 26 heavy (non-hydrogen) atoms. The van der Waals surface area contributed by atoms with E-state index in [0.29, 0.717) is 11.1 Å². The van der Waals surface area contributed by atoms with E-state index in [4.69, 9.17) is 0 Å². The van der Waals surface area contributed by atoms with Gasteiger partial charge in [0.15, 0.2) is 10.8 Å². The quantitative estimate of drug-likeness (QED) is 0.533. The summed E-state index contributed by atoms with van der Waals surface area (Å²) in [4.78, 5) is 16.6. The molecular formula is C17H14N6OS2. The fourth-order valence-electron chi connectivity index (χ4n) is 2.41. The number of hydrogen-bond acceptors (Lipinski definition) is 7. The molecule has 0 aliphatic rings. The van der Waals surface area contributed by atoms with Crippen molar-refractivity contribution in [3.8, 4) is 10.6 Å². The van der Waals surface area contributed by atoms with Gasteiger partial charge < -0.3 is 0 Å². The zero-order chi connectivity index (χ0) is 17.9. The number of carbonyl (C=O) groups excluding carboxylic acids is 1. The molecule has 0 aliphatic heterocycles. The topological polar surface area (TPSA) is 85.1 Å². The Morgan fingerprint density at radius 1 is 1.19 bits per heavy atom. The van der Waals surface area contributed by atoms with Crippen LogP contribution in [0.3, 0.4) is 0 Å². The predicted octanol–water partition coefficient (Wildman–Crippen LogP) is 3.29. The van der Waals surface area contributed by atoms with Crippen LogP contribution in [-0.4, -0.2) is 35.6 Å². The third-order valence-corrected chi connectivity index (χ3v) is 5.36. The predicted molar refractivity (Wildman–Crippen MR) is 102 cm³/mol. The number of pyridine rings is 1. The van der Waals surface area contributed by atoms with Crippen LogP contribution in [0.2, 0.25) is 0 Å². The van der Waals surface area contributed by atoms with Gasteiger partial charge in [0.25, 0.3) is 0 Å². The van der Waals surface area contributed by atoms with E-state index in [2.05, 4.69) is 24.9 Å². The molecule has 4 rings (SSSR count). The molecule has 3 heterocycles. The SMILES string of the molecule is Cc1ccccc1-c1nc(NC(=O)CSc2nnc3ccccn23)ns1. The van der Waals surface area contributed by atoms with Gasteiger partial charge in [0.1, 0.15) is 5.01 Å². The van der Waals surface area contributed by atoms with Crippen LogP contribution >= 0.6 is 23.3 Å². The average Bonchev–Trinajstić information content (AvgIpc) is 3.27. The molecule has 0 spiro atoms. The third kappa shape index (κ3) is 3.44. The molecule has 0 unspecified atom stereocenters. The first-order valence-electron chi connectivity index (χ1n) is 7.83. The number of aromatic nitrogens is 5. The molecule has 130 valence electrons. The highest BCUT2D eigenvalue weighted by molar-refractivity contribution is 7.99. The number of benzene rings is 1. The highest BCUT2D eigenvalue weighted by Gasteiger charge is 2.13. The zero-order valence-corrected chi connectivity index (χ0v) is 15.4. The van der Waals surface area contributed by atoms with Gasteiger partial charge in [0.2, 0.25) is 11.9 Å². The van der Waals surface area contributed by atoms with Gasteiger partial charge >= 0.3 is 0 Å². The standard InChI is InChI=1S/C17H14N6OS2/c1-11-6-2-3-7-12(11)15-19-16(22-26-15)18-14(24)10-25-17-21-20-13-8-4-5-9-23(13)17/h2-9H,10H2,1H3,(H,18,22,24). The van der Waals surface area contributed by atoms with E-state index in [1.165, 1.54) is 23.3 Å². The van der Waals surface area contributed by atoms with E-state index < -0.39 is 0 Å². The summed E-state index contributed by atoms with van der Waals surface area (Å²) in [6.07, 6.45) is 1.87. The number of hydrogen-bond donors (Lipinski definition) is 1. The number of fused-ring (bicyclic) bond motifs is 1. The van der Waals surface area contributed by atoms with Crippen LogP contribution in [-0.2, 0) is 4.79 Å². The molecule has 0 saturated carbocycles. The van der Waals surface area contributed by atoms with Gasteiger partial charge in [-0.05, 0) is 36.2 Å². The summed E-state index contributed by atoms with van der Waals surface area (Å²) in [6, 6.07) is 13.6. The van der Waals surface area contributed by atoms with Crippen molar-refractivity contribution in [3.63, 3.8) is 0 Å². The zero-order valence-electron chi connectivity index (χ0n) is 13.8. The summed E-state index contributed by atoms with van der Waals surface area (Å²) < 4.78 is 6.07. The van der Waals surface area contributed by atoms with Crippen LogP contribution in [0.25, 0.3) is 16.2 Å². The molecule has 1 amide bonds. The van der Waals surface area contributed by atoms with Gasteiger partial charge in [0.05, 0.1) is 5.75 Å². The summed E-state index contributed by atoms with van der Waals surface area (Å²) >= 11 is 2.58. The molecule has 9 heteroatoms. The summed E-state index contributed by atoms with van der Waals surface area (Å²) in [5.41, 5.74) is 2.89. The minimum absolute atomic E-state index is 0.184. The van der Waals surface area contributed by atoms with Crippen molar-refractivity contribution in [3.05, 3.63) is 54.2 Å². The highest BCUT2D eigenvalue weighted by Crippen LogP contribution is 2.26. The Hall–Kier alpha value is -2.78. The van der Waals surface area contributed by atoms with E-state index >= 15 is 0 Å². The second-order valence-corrected chi connectivity index (χ2v) is 7.18. The maximum Gasteiger partial charge on any atom is 0.241 e. The van der Waals surface area contributed by atoms with Crippen LogP contribution in [0.5, 0.6) is 0 Å². The lowest BCUT2D eigenvalue weighted by atomic mass is 10.1. The highest BCUT2D eigenvalue weighted by atomic mass is 32.2. The maximum atomic E-state index is 12.2. The second-order valence-electron chi connectivity index (χ2n) is 5.49. The van der Waals surface area contributed by atoms with Crippen LogP contribution in [0.4, 0.5) is 5.95 Å². The number of thioether (sulfide) groups is 1. The Kier molecular flexibility index (Phi) is 4.63. The molecule has 1 aromatic carbocycles. The monoisotopic (exact) mass is 382 g/mol. The summed E-state index contributed by atoms with van der Waals surface area (Å²) in [5.74, 6) is 0.343. The van der Waals surface area contributed by atoms with E-state index in [1.54, 1.807) is 0 Å². The summed E-state index contributed by atoms with van der Waals surface area (Å²) in [5, 5.41) is 12.3. The minimum atomic E-state index is -0.184. The first-order valence-corrected chi connectivity index (χ1v) is 9.59. The fraction of sp³-hybridized carbons (Fsp3) is 0.118. The molecule has 0 saturated heterocycles. The van der Waals surface area contributed by atoms with Gasteiger partial charge in [-0.2, -0.15) is 9.36 Å². The second kappa shape index (κ2) is 7.22. The lowest BCUT2D eigenvalue weighted by Gasteiger charge is -2.01. The molecule has 0 radical (unpaired) electrons. The van der Waals surface area contributed by atoms with Crippen molar-refractivity contribution in [2.45, 2.75) is 12.1 Å². The largest absolute Gasteiger partial charge is 0.293 e. The average molecular weight is 382 g/mol. The number of amides is 1. The van der Waals surface area contributed by atoms with E-state index in [-0.39, 0.29) is 11.7 Å². The fourth-order valence-corrected chi connectivity index (χ4v) is 3.84. The van der Waals surface area contributed by atoms with E-state index in [1.807, 2.05) is 60.0 Å². The van der Waals surface area contributed by atoms with Gasteiger partial charge in [-0.1, -0.05) is 42.1 Å². The first kappa shape index (κ1) is 16.7. The molecule has 3 aromatic heterocycles. The molecule has 0 aliphatic carbocycles. The number of nitrogens with one attached hydrogen (secondary N) is 1. The lowest BCUT2D eigenvalue weighted by molar-refractivity contribution is -0.113. The summed E-state index contributed by atoms with van der Waals surface area (Å²) in [7, 11) is 0. The van der Waals surface area contributed by atoms with Crippen molar-refractivity contribution in [1.29, 1.82) is 0 Å². The number of rotatable bonds is 5. The Morgan fingerprint density at radius 2 is 2.04 bits per heavy atom. The maximum absolute atomic E-state index is 12.2. The Morgan fingerprint density at radius 3 is 2.92 bits per heavy atom. The van der Waals surface area contributed by atoms with Gasteiger partial charge in [-0.15, -0.1) is 10.2 Å². The van der Waals surface area contributed by atoms with Crippen molar-refractivity contribution in [2.24, 2.45) is 0 Å². The van der Waals surface area contributed by atoms with Crippen molar-refractivity contribution in [2.75, 3.05) is 11.1 Å². The number of anilines is 1. The first-order chi connectivity index (χ1) is 12.7. The molecule has 7 nitrogen and oxygen atoms in total. The van der Waals surface area contributed by atoms with Crippen LogP contribution in [0, 0.1) is 6.92 Å². The van der Waals surface area contributed by atoms with Crippen molar-refractivity contribution in [1.82, 2.24) is 24.0 Å². The molecule has 0 fully saturated rings. The third-order valence-electron chi connectivity index (χ3n) is 3.67. The Labute approximate surface area is 157 Å². The molecule has 0 bridgehead atoms. The van der Waals surface area contributed by atoms with Crippen LogP contribution in [0.15, 0.2) is 53.8 Å². The van der Waals surface area contributed by atoms with Gasteiger partial charge in [-0.3, -0.25) is 14.5 Å². The smallest absolute Gasteiger partial charge is 0.241 e. The number of nitrogens with zero attached hydrogens (tertiary/aromatic N) is 5. The van der Waals surface area contributed by atoms with Gasteiger partial charge in [-0.25, -0.2) is 0 Å². The summed E-state index contributed by atoms with van der Waals surface area (Å²) in [6.45, 7) is 2.02. The number of carbonyl (C=O) groups is 1. The Bertz CT molecular complexity index is 1070. The van der Waals surface area contributed by atoms with Crippen molar-refractivity contribution >= 4 is 40.8 Å². The van der Waals surface area contributed by atoms with E-state index in [9.17, 15) is 4.79 Å². The molecule has 0 atom stereocenters. The minimum Gasteiger partial charge on any atom is -0.293 e.